The lowest BCUT2D eigenvalue weighted by Crippen LogP contribution is -2.49. The summed E-state index contributed by atoms with van der Waals surface area (Å²) in [5.41, 5.74) is 0.964. The summed E-state index contributed by atoms with van der Waals surface area (Å²) in [6.45, 7) is 0.777. The number of imide groups is 2. The highest BCUT2D eigenvalue weighted by Gasteiger charge is 2.32. The molecule has 1 saturated carbocycles. The van der Waals surface area contributed by atoms with Crippen molar-refractivity contribution in [2.75, 3.05) is 13.2 Å². The fourth-order valence-corrected chi connectivity index (χ4v) is 3.78. The number of benzene rings is 1. The molecule has 1 aliphatic heterocycles. The normalized spacial score (nSPS) is 20.9. The van der Waals surface area contributed by atoms with E-state index < -0.39 is 42.9 Å². The molecular weight excluding hydrogens is 390 g/mol. The van der Waals surface area contributed by atoms with Crippen molar-refractivity contribution in [3.8, 4) is 0 Å². The smallest absolute Gasteiger partial charge is 0.326 e. The molecule has 2 aliphatic rings. The molecule has 1 aromatic rings. The molecule has 0 bridgehead atoms. The molecule has 0 spiro atoms. The van der Waals surface area contributed by atoms with Crippen molar-refractivity contribution in [1.29, 1.82) is 0 Å². The van der Waals surface area contributed by atoms with Gasteiger partial charge >= 0.3 is 12.0 Å². The van der Waals surface area contributed by atoms with Gasteiger partial charge in [0.2, 0.25) is 5.91 Å². The average Bonchev–Trinajstić information content (AvgIpc) is 2.71. The first-order valence-electron chi connectivity index (χ1n) is 10.0. The number of carbonyl (C=O) groups is 5. The first kappa shape index (κ1) is 21.5. The topological polar surface area (TPSA) is 122 Å². The van der Waals surface area contributed by atoms with Gasteiger partial charge < -0.3 is 10.1 Å². The Morgan fingerprint density at radius 3 is 2.63 bits per heavy atom. The SMILES string of the molecule is C[C@H]1CCCC[C@@H]1NC(=O)NC(=O)COC(=O)CN1C(=O)Cc2ccccc2C1=O. The van der Waals surface area contributed by atoms with E-state index in [9.17, 15) is 24.0 Å². The number of fused-ring (bicyclic) bond motifs is 1. The van der Waals surface area contributed by atoms with Gasteiger partial charge in [0, 0.05) is 11.6 Å². The van der Waals surface area contributed by atoms with Crippen LogP contribution in [0.4, 0.5) is 4.79 Å². The van der Waals surface area contributed by atoms with Crippen LogP contribution in [0.5, 0.6) is 0 Å². The lowest BCUT2D eigenvalue weighted by molar-refractivity contribution is -0.151. The third-order valence-corrected chi connectivity index (χ3v) is 5.47. The minimum atomic E-state index is -0.910. The molecule has 3 rings (SSSR count). The lowest BCUT2D eigenvalue weighted by atomic mass is 9.86. The minimum absolute atomic E-state index is 0.00750. The van der Waals surface area contributed by atoms with E-state index in [1.165, 1.54) is 0 Å². The molecule has 0 unspecified atom stereocenters. The van der Waals surface area contributed by atoms with E-state index in [1.807, 2.05) is 0 Å². The average molecular weight is 415 g/mol. The third-order valence-electron chi connectivity index (χ3n) is 5.47. The largest absolute Gasteiger partial charge is 0.454 e. The van der Waals surface area contributed by atoms with Gasteiger partial charge in [0.15, 0.2) is 6.61 Å². The van der Waals surface area contributed by atoms with Crippen LogP contribution < -0.4 is 10.6 Å². The van der Waals surface area contributed by atoms with E-state index in [0.29, 0.717) is 17.0 Å². The van der Waals surface area contributed by atoms with Crippen LogP contribution >= 0.6 is 0 Å². The van der Waals surface area contributed by atoms with Crippen molar-refractivity contribution in [2.45, 2.75) is 45.1 Å². The van der Waals surface area contributed by atoms with Crippen molar-refractivity contribution in [3.05, 3.63) is 35.4 Å². The number of urea groups is 1. The molecule has 1 fully saturated rings. The van der Waals surface area contributed by atoms with Crippen molar-refractivity contribution in [1.82, 2.24) is 15.5 Å². The van der Waals surface area contributed by atoms with Gasteiger partial charge in [-0.2, -0.15) is 0 Å². The Labute approximate surface area is 174 Å². The molecule has 160 valence electrons. The number of hydrogen-bond donors (Lipinski definition) is 2. The molecule has 9 heteroatoms. The maximum Gasteiger partial charge on any atom is 0.326 e. The van der Waals surface area contributed by atoms with Gasteiger partial charge in [0.1, 0.15) is 6.54 Å². The number of nitrogens with one attached hydrogen (secondary N) is 2. The molecule has 1 heterocycles. The zero-order valence-electron chi connectivity index (χ0n) is 16.8. The van der Waals surface area contributed by atoms with Gasteiger partial charge in [-0.1, -0.05) is 38.0 Å². The van der Waals surface area contributed by atoms with E-state index >= 15 is 0 Å². The summed E-state index contributed by atoms with van der Waals surface area (Å²) in [4.78, 5) is 61.2. The molecule has 5 amide bonds. The van der Waals surface area contributed by atoms with Crippen LogP contribution in [0.3, 0.4) is 0 Å². The maximum atomic E-state index is 12.4. The van der Waals surface area contributed by atoms with Gasteiger partial charge in [0.25, 0.3) is 11.8 Å². The Morgan fingerprint density at radius 2 is 1.87 bits per heavy atom. The molecular formula is C21H25N3O6. The Kier molecular flexibility index (Phi) is 6.81. The predicted octanol–water partition coefficient (Wildman–Crippen LogP) is 1.16. The first-order chi connectivity index (χ1) is 14.3. The number of esters is 1. The van der Waals surface area contributed by atoms with Crippen LogP contribution in [-0.4, -0.2) is 53.8 Å². The molecule has 2 N–H and O–H groups in total. The zero-order chi connectivity index (χ0) is 21.7. The highest BCUT2D eigenvalue weighted by molar-refractivity contribution is 6.11. The number of rotatable bonds is 5. The molecule has 0 aromatic heterocycles. The Bertz CT molecular complexity index is 868. The fraction of sp³-hybridized carbons (Fsp3) is 0.476. The fourth-order valence-electron chi connectivity index (χ4n) is 3.78. The Morgan fingerprint density at radius 1 is 1.13 bits per heavy atom. The zero-order valence-corrected chi connectivity index (χ0v) is 16.8. The summed E-state index contributed by atoms with van der Waals surface area (Å²) < 4.78 is 4.83. The van der Waals surface area contributed by atoms with Crippen LogP contribution in [0.2, 0.25) is 0 Å². The number of amides is 5. The highest BCUT2D eigenvalue weighted by atomic mass is 16.5. The molecule has 0 saturated heterocycles. The molecule has 0 radical (unpaired) electrons. The Balaban J connectivity index is 1.44. The van der Waals surface area contributed by atoms with Gasteiger partial charge in [-0.05, 0) is 30.4 Å². The van der Waals surface area contributed by atoms with Crippen LogP contribution in [-0.2, 0) is 25.5 Å². The van der Waals surface area contributed by atoms with Gasteiger partial charge in [0.05, 0.1) is 6.42 Å². The Hall–Kier alpha value is -3.23. The lowest BCUT2D eigenvalue weighted by Gasteiger charge is -2.29. The van der Waals surface area contributed by atoms with E-state index in [1.54, 1.807) is 24.3 Å². The predicted molar refractivity (Wildman–Crippen MR) is 105 cm³/mol. The molecule has 2 atom stereocenters. The summed E-state index contributed by atoms with van der Waals surface area (Å²) in [6, 6.07) is 6.05. The number of hydrogen-bond acceptors (Lipinski definition) is 6. The van der Waals surface area contributed by atoms with E-state index in [0.717, 1.165) is 30.6 Å². The van der Waals surface area contributed by atoms with Crippen LogP contribution in [0.15, 0.2) is 24.3 Å². The standard InChI is InChI=1S/C21H25N3O6/c1-13-6-2-5-9-16(13)22-21(29)23-17(25)12-30-19(27)11-24-18(26)10-14-7-3-4-8-15(14)20(24)28/h3-4,7-8,13,16H,2,5-6,9-12H2,1H3,(H2,22,23,25,29)/t13-,16-/m0/s1. The molecule has 1 aliphatic carbocycles. The summed E-state index contributed by atoms with van der Waals surface area (Å²) in [7, 11) is 0. The monoisotopic (exact) mass is 415 g/mol. The number of ether oxygens (including phenoxy) is 1. The van der Waals surface area contributed by atoms with E-state index in [-0.39, 0.29) is 12.5 Å². The van der Waals surface area contributed by atoms with Gasteiger partial charge in [-0.25, -0.2) is 4.79 Å². The maximum absolute atomic E-state index is 12.4. The summed E-state index contributed by atoms with van der Waals surface area (Å²) in [5, 5.41) is 4.89. The highest BCUT2D eigenvalue weighted by Crippen LogP contribution is 2.23. The second-order valence-electron chi connectivity index (χ2n) is 7.67. The summed E-state index contributed by atoms with van der Waals surface area (Å²) >= 11 is 0. The van der Waals surface area contributed by atoms with Crippen molar-refractivity contribution >= 4 is 29.7 Å². The van der Waals surface area contributed by atoms with E-state index in [4.69, 9.17) is 4.74 Å². The first-order valence-corrected chi connectivity index (χ1v) is 10.0. The molecule has 1 aromatic carbocycles. The minimum Gasteiger partial charge on any atom is -0.454 e. The van der Waals surface area contributed by atoms with Crippen molar-refractivity contribution in [3.63, 3.8) is 0 Å². The van der Waals surface area contributed by atoms with Gasteiger partial charge in [-0.3, -0.25) is 29.4 Å². The third kappa shape index (κ3) is 5.22. The van der Waals surface area contributed by atoms with Crippen molar-refractivity contribution < 1.29 is 28.7 Å². The second kappa shape index (κ2) is 9.51. The van der Waals surface area contributed by atoms with Crippen LogP contribution in [0.1, 0.15) is 48.5 Å². The molecule has 30 heavy (non-hydrogen) atoms. The molecule has 9 nitrogen and oxygen atoms in total. The van der Waals surface area contributed by atoms with Crippen molar-refractivity contribution in [2.24, 2.45) is 5.92 Å². The quantitative estimate of drug-likeness (QED) is 0.550. The number of carbonyl (C=O) groups excluding carboxylic acids is 5. The van der Waals surface area contributed by atoms with Crippen LogP contribution in [0, 0.1) is 5.92 Å². The summed E-state index contributed by atoms with van der Waals surface area (Å²) in [6.07, 6.45) is 4.05. The van der Waals surface area contributed by atoms with Crippen LogP contribution in [0.25, 0.3) is 0 Å². The number of nitrogens with zero attached hydrogens (tertiary/aromatic N) is 1. The summed E-state index contributed by atoms with van der Waals surface area (Å²) in [5.74, 6) is -2.45. The van der Waals surface area contributed by atoms with Gasteiger partial charge in [-0.15, -0.1) is 0 Å². The van der Waals surface area contributed by atoms with E-state index in [2.05, 4.69) is 17.6 Å². The second-order valence-corrected chi connectivity index (χ2v) is 7.67.